The molecule has 0 saturated heterocycles. The number of hydrogen-bond acceptors (Lipinski definition) is 5. The highest BCUT2D eigenvalue weighted by atomic mass is 16.5. The third kappa shape index (κ3) is 3.99. The predicted molar refractivity (Wildman–Crippen MR) is 90.6 cm³/mol. The van der Waals surface area contributed by atoms with Gasteiger partial charge >= 0.3 is 5.97 Å². The lowest BCUT2D eigenvalue weighted by Crippen LogP contribution is -2.27. The van der Waals surface area contributed by atoms with Gasteiger partial charge in [0.2, 0.25) is 0 Å². The van der Waals surface area contributed by atoms with E-state index in [9.17, 15) is 9.59 Å². The molecule has 0 aliphatic heterocycles. The van der Waals surface area contributed by atoms with Crippen LogP contribution in [0.15, 0.2) is 29.1 Å². The summed E-state index contributed by atoms with van der Waals surface area (Å²) in [4.78, 5) is 24.9. The van der Waals surface area contributed by atoms with Gasteiger partial charge in [-0.1, -0.05) is 44.4 Å². The van der Waals surface area contributed by atoms with E-state index < -0.39 is 12.1 Å². The molecule has 24 heavy (non-hydrogen) atoms. The van der Waals surface area contributed by atoms with Crippen LogP contribution in [0.3, 0.4) is 0 Å². The second-order valence-electron chi connectivity index (χ2n) is 5.66. The normalized spacial score (nSPS) is 11.9. The Morgan fingerprint density at radius 2 is 2.00 bits per heavy atom. The van der Waals surface area contributed by atoms with Crippen molar-refractivity contribution in [1.82, 2.24) is 9.78 Å². The summed E-state index contributed by atoms with van der Waals surface area (Å²) in [5.74, 6) is -0.692. The lowest BCUT2D eigenvalue weighted by Gasteiger charge is -2.11. The minimum Gasteiger partial charge on any atom is -0.442 e. The number of esters is 1. The van der Waals surface area contributed by atoms with Crippen LogP contribution in [0.1, 0.15) is 50.0 Å². The Bertz CT molecular complexity index is 820. The van der Waals surface area contributed by atoms with Gasteiger partial charge < -0.3 is 4.74 Å². The minimum absolute atomic E-state index is 0.0720. The molecule has 0 fully saturated rings. The maximum Gasteiger partial charge on any atom is 0.360 e. The molecular weight excluding hydrogens is 306 g/mol. The largest absolute Gasteiger partial charge is 0.442 e. The number of ether oxygens (including phenoxy) is 1. The van der Waals surface area contributed by atoms with E-state index >= 15 is 0 Å². The molecule has 0 bridgehead atoms. The van der Waals surface area contributed by atoms with Crippen LogP contribution in [0.4, 0.5) is 0 Å². The molecule has 1 aromatic heterocycles. The van der Waals surface area contributed by atoms with E-state index in [-0.39, 0.29) is 11.3 Å². The van der Waals surface area contributed by atoms with Crippen molar-refractivity contribution in [3.05, 3.63) is 40.3 Å². The van der Waals surface area contributed by atoms with E-state index in [1.807, 2.05) is 6.07 Å². The van der Waals surface area contributed by atoms with Crippen molar-refractivity contribution in [2.45, 2.75) is 52.2 Å². The summed E-state index contributed by atoms with van der Waals surface area (Å²) in [5, 5.41) is 13.9. The number of aryl methyl sites for hydroxylation is 1. The Hall–Kier alpha value is -2.68. The van der Waals surface area contributed by atoms with Crippen LogP contribution in [0.5, 0.6) is 0 Å². The highest BCUT2D eigenvalue weighted by Crippen LogP contribution is 2.15. The molecule has 0 N–H and O–H groups in total. The summed E-state index contributed by atoms with van der Waals surface area (Å²) in [6, 6.07) is 8.67. The smallest absolute Gasteiger partial charge is 0.360 e. The van der Waals surface area contributed by atoms with Crippen LogP contribution in [0.2, 0.25) is 0 Å². The average Bonchev–Trinajstić information content (AvgIpc) is 2.60. The zero-order valence-corrected chi connectivity index (χ0v) is 14.0. The number of unbranched alkanes of at least 4 members (excludes halogenated alkanes) is 3. The van der Waals surface area contributed by atoms with Crippen LogP contribution in [0.25, 0.3) is 10.8 Å². The highest BCUT2D eigenvalue weighted by molar-refractivity contribution is 6.02. The third-order valence-corrected chi connectivity index (χ3v) is 3.75. The summed E-state index contributed by atoms with van der Waals surface area (Å²) < 4.78 is 6.38. The zero-order chi connectivity index (χ0) is 17.5. The first-order valence-corrected chi connectivity index (χ1v) is 8.19. The quantitative estimate of drug-likeness (QED) is 0.576. The number of nitriles is 1. The Morgan fingerprint density at radius 1 is 1.29 bits per heavy atom. The van der Waals surface area contributed by atoms with Crippen molar-refractivity contribution in [3.8, 4) is 6.07 Å². The Balaban J connectivity index is 2.42. The van der Waals surface area contributed by atoms with Crippen LogP contribution >= 0.6 is 0 Å². The molecule has 2 rings (SSSR count). The van der Waals surface area contributed by atoms with E-state index in [1.54, 1.807) is 24.3 Å². The average molecular weight is 327 g/mol. The van der Waals surface area contributed by atoms with Gasteiger partial charge in [-0.2, -0.15) is 10.4 Å². The van der Waals surface area contributed by atoms with E-state index in [4.69, 9.17) is 10.00 Å². The Morgan fingerprint density at radius 3 is 2.67 bits per heavy atom. The number of aromatic nitrogens is 2. The molecule has 0 unspecified atom stereocenters. The van der Waals surface area contributed by atoms with Crippen molar-refractivity contribution in [2.75, 3.05) is 0 Å². The van der Waals surface area contributed by atoms with Gasteiger partial charge in [-0.05, 0) is 19.4 Å². The fourth-order valence-electron chi connectivity index (χ4n) is 2.47. The van der Waals surface area contributed by atoms with Gasteiger partial charge in [-0.15, -0.1) is 0 Å². The van der Waals surface area contributed by atoms with Gasteiger partial charge in [-0.25, -0.2) is 9.48 Å². The molecule has 0 aliphatic rings. The predicted octanol–water partition coefficient (Wildman–Crippen LogP) is 3.05. The summed E-state index contributed by atoms with van der Waals surface area (Å²) in [5.41, 5.74) is -0.144. The molecule has 126 valence electrons. The van der Waals surface area contributed by atoms with Gasteiger partial charge in [0.05, 0.1) is 5.39 Å². The van der Waals surface area contributed by atoms with Crippen molar-refractivity contribution < 1.29 is 9.53 Å². The Labute approximate surface area is 140 Å². The molecule has 1 heterocycles. The Kier molecular flexibility index (Phi) is 6.07. The first-order valence-electron chi connectivity index (χ1n) is 8.19. The number of rotatable bonds is 7. The maximum absolute atomic E-state index is 12.5. The molecule has 1 aromatic carbocycles. The van der Waals surface area contributed by atoms with Crippen LogP contribution < -0.4 is 5.56 Å². The van der Waals surface area contributed by atoms with E-state index in [2.05, 4.69) is 12.0 Å². The fraction of sp³-hybridized carbons (Fsp3) is 0.444. The summed E-state index contributed by atoms with van der Waals surface area (Å²) in [7, 11) is 0. The molecular formula is C18H21N3O3. The fourth-order valence-corrected chi connectivity index (χ4v) is 2.47. The molecule has 1 atom stereocenters. The number of carbonyl (C=O) groups is 1. The number of benzene rings is 1. The zero-order valence-electron chi connectivity index (χ0n) is 14.0. The second kappa shape index (κ2) is 8.25. The number of nitrogens with zero attached hydrogens (tertiary/aromatic N) is 3. The first kappa shape index (κ1) is 17.7. The van der Waals surface area contributed by atoms with Crippen molar-refractivity contribution >= 4 is 16.7 Å². The van der Waals surface area contributed by atoms with Crippen LogP contribution in [-0.4, -0.2) is 21.9 Å². The lowest BCUT2D eigenvalue weighted by molar-refractivity contribution is 0.0428. The van der Waals surface area contributed by atoms with E-state index in [1.165, 1.54) is 11.6 Å². The van der Waals surface area contributed by atoms with Gasteiger partial charge in [0.1, 0.15) is 6.07 Å². The SMILES string of the molecule is CCCCCCn1nc(C(=O)O[C@@H](C)C#N)c2ccccc2c1=O. The van der Waals surface area contributed by atoms with Crippen molar-refractivity contribution in [3.63, 3.8) is 0 Å². The molecule has 0 saturated carbocycles. The number of carbonyl (C=O) groups excluding carboxylic acids is 1. The molecule has 6 heteroatoms. The second-order valence-corrected chi connectivity index (χ2v) is 5.66. The summed E-state index contributed by atoms with van der Waals surface area (Å²) in [6.07, 6.45) is 3.15. The topological polar surface area (TPSA) is 85.0 Å². The maximum atomic E-state index is 12.5. The minimum atomic E-state index is -0.872. The molecule has 0 spiro atoms. The van der Waals surface area contributed by atoms with E-state index in [0.717, 1.165) is 25.7 Å². The lowest BCUT2D eigenvalue weighted by atomic mass is 10.1. The molecule has 2 aromatic rings. The molecule has 6 nitrogen and oxygen atoms in total. The van der Waals surface area contributed by atoms with Gasteiger partial charge in [0.25, 0.3) is 5.56 Å². The van der Waals surface area contributed by atoms with Gasteiger partial charge in [-0.3, -0.25) is 4.79 Å². The highest BCUT2D eigenvalue weighted by Gasteiger charge is 2.19. The van der Waals surface area contributed by atoms with Gasteiger partial charge in [0.15, 0.2) is 11.8 Å². The molecule has 0 radical (unpaired) electrons. The molecule has 0 amide bonds. The van der Waals surface area contributed by atoms with Crippen LogP contribution in [-0.2, 0) is 11.3 Å². The van der Waals surface area contributed by atoms with E-state index in [0.29, 0.717) is 17.3 Å². The van der Waals surface area contributed by atoms with Gasteiger partial charge in [0, 0.05) is 11.9 Å². The standard InChI is InChI=1S/C18H21N3O3/c1-3-4-5-8-11-21-17(22)15-10-7-6-9-14(15)16(20-21)18(23)24-13(2)12-19/h6-7,9-10,13H,3-5,8,11H2,1-2H3/t13-/m0/s1. The molecule has 0 aliphatic carbocycles. The van der Waals surface area contributed by atoms with Crippen LogP contribution in [0, 0.1) is 11.3 Å². The summed E-state index contributed by atoms with van der Waals surface area (Å²) in [6.45, 7) is 4.06. The third-order valence-electron chi connectivity index (χ3n) is 3.75. The summed E-state index contributed by atoms with van der Waals surface area (Å²) >= 11 is 0. The number of hydrogen-bond donors (Lipinski definition) is 0. The van der Waals surface area contributed by atoms with Crippen molar-refractivity contribution in [1.29, 1.82) is 5.26 Å². The monoisotopic (exact) mass is 327 g/mol. The van der Waals surface area contributed by atoms with Crippen molar-refractivity contribution in [2.24, 2.45) is 0 Å². The number of fused-ring (bicyclic) bond motifs is 1. The first-order chi connectivity index (χ1) is 11.6.